The Balaban J connectivity index is 2.13. The van der Waals surface area contributed by atoms with E-state index in [-0.39, 0.29) is 11.2 Å². The molecule has 2 rings (SSSR count). The zero-order chi connectivity index (χ0) is 11.5. The van der Waals surface area contributed by atoms with Crippen molar-refractivity contribution >= 4 is 22.6 Å². The van der Waals surface area contributed by atoms with Crippen LogP contribution in [0, 0.1) is 5.82 Å². The van der Waals surface area contributed by atoms with Crippen molar-refractivity contribution in [1.82, 2.24) is 0 Å². The average molecular weight is 241 g/mol. The van der Waals surface area contributed by atoms with Crippen LogP contribution >= 0.6 is 11.6 Å². The van der Waals surface area contributed by atoms with Crippen LogP contribution in [0.4, 0.5) is 4.39 Å². The molecule has 0 amide bonds. The van der Waals surface area contributed by atoms with Crippen molar-refractivity contribution in [3.05, 3.63) is 35.8 Å². The third-order valence-electron chi connectivity index (χ3n) is 2.68. The topological polar surface area (TPSA) is 13.1 Å². The molecule has 0 aliphatic heterocycles. The van der Waals surface area contributed by atoms with Crippen molar-refractivity contribution in [2.45, 2.75) is 31.6 Å². The molecule has 86 valence electrons. The molecule has 0 spiro atoms. The van der Waals surface area contributed by atoms with E-state index in [1.807, 2.05) is 6.07 Å². The summed E-state index contributed by atoms with van der Waals surface area (Å²) in [6.07, 6.45) is 2.65. The normalized spacial score (nSPS) is 13.2. The van der Waals surface area contributed by atoms with Gasteiger partial charge in [0.15, 0.2) is 0 Å². The van der Waals surface area contributed by atoms with E-state index in [4.69, 9.17) is 16.0 Å². The second-order valence-electron chi connectivity index (χ2n) is 3.94. The lowest BCUT2D eigenvalue weighted by Gasteiger charge is -2.02. The number of hydrogen-bond donors (Lipinski definition) is 0. The summed E-state index contributed by atoms with van der Waals surface area (Å²) in [7, 11) is 0. The molecule has 0 bridgehead atoms. The predicted molar refractivity (Wildman–Crippen MR) is 64.4 cm³/mol. The van der Waals surface area contributed by atoms with Gasteiger partial charge in [-0.15, -0.1) is 11.6 Å². The number of rotatable bonds is 4. The van der Waals surface area contributed by atoms with Gasteiger partial charge >= 0.3 is 0 Å². The Morgan fingerprint density at radius 1 is 1.38 bits per heavy atom. The van der Waals surface area contributed by atoms with Crippen LogP contribution in [0.1, 0.15) is 25.5 Å². The van der Waals surface area contributed by atoms with Crippen molar-refractivity contribution in [3.63, 3.8) is 0 Å². The minimum Gasteiger partial charge on any atom is -0.461 e. The van der Waals surface area contributed by atoms with Crippen molar-refractivity contribution in [2.75, 3.05) is 0 Å². The Labute approximate surface area is 99.2 Å². The van der Waals surface area contributed by atoms with Crippen molar-refractivity contribution in [2.24, 2.45) is 0 Å². The molecule has 0 N–H and O–H groups in total. The van der Waals surface area contributed by atoms with E-state index < -0.39 is 0 Å². The summed E-state index contributed by atoms with van der Waals surface area (Å²) in [5, 5.41) is 1.00. The Bertz CT molecular complexity index is 478. The molecule has 0 aliphatic rings. The van der Waals surface area contributed by atoms with Crippen LogP contribution in [0.3, 0.4) is 0 Å². The van der Waals surface area contributed by atoms with Gasteiger partial charge in [0.2, 0.25) is 0 Å². The first kappa shape index (κ1) is 11.5. The molecule has 0 saturated heterocycles. The van der Waals surface area contributed by atoms with Gasteiger partial charge in [0.1, 0.15) is 17.2 Å². The first-order chi connectivity index (χ1) is 7.69. The number of alkyl halides is 1. The molecule has 1 unspecified atom stereocenters. The van der Waals surface area contributed by atoms with E-state index in [1.54, 1.807) is 6.07 Å². The lowest BCUT2D eigenvalue weighted by molar-refractivity contribution is 0.532. The summed E-state index contributed by atoms with van der Waals surface area (Å²) >= 11 is 6.04. The summed E-state index contributed by atoms with van der Waals surface area (Å²) < 4.78 is 18.5. The van der Waals surface area contributed by atoms with Gasteiger partial charge in [-0.25, -0.2) is 4.39 Å². The fourth-order valence-corrected chi connectivity index (χ4v) is 1.80. The molecular formula is C13H14ClFO. The lowest BCUT2D eigenvalue weighted by Crippen LogP contribution is -1.97. The van der Waals surface area contributed by atoms with E-state index in [2.05, 4.69) is 6.92 Å². The van der Waals surface area contributed by atoms with Crippen LogP contribution in [0.15, 0.2) is 28.7 Å². The molecule has 0 saturated carbocycles. The maximum atomic E-state index is 13.0. The summed E-state index contributed by atoms with van der Waals surface area (Å²) in [4.78, 5) is 0. The van der Waals surface area contributed by atoms with Crippen LogP contribution in [0.25, 0.3) is 11.0 Å². The highest BCUT2D eigenvalue weighted by atomic mass is 35.5. The SMILES string of the molecule is CCC(Cl)CCc1cc2cc(F)ccc2o1. The maximum Gasteiger partial charge on any atom is 0.134 e. The average Bonchev–Trinajstić information content (AvgIpc) is 2.67. The molecule has 1 heterocycles. The number of fused-ring (bicyclic) bond motifs is 1. The number of halogens is 2. The van der Waals surface area contributed by atoms with Crippen LogP contribution in [0.2, 0.25) is 0 Å². The number of benzene rings is 1. The minimum absolute atomic E-state index is 0.185. The zero-order valence-electron chi connectivity index (χ0n) is 9.17. The van der Waals surface area contributed by atoms with Gasteiger partial charge in [0.05, 0.1) is 0 Å². The van der Waals surface area contributed by atoms with E-state index in [1.165, 1.54) is 12.1 Å². The van der Waals surface area contributed by atoms with Gasteiger partial charge < -0.3 is 4.42 Å². The fraction of sp³-hybridized carbons (Fsp3) is 0.385. The Hall–Kier alpha value is -1.02. The molecule has 0 fully saturated rings. The van der Waals surface area contributed by atoms with Gasteiger partial charge in [-0.3, -0.25) is 0 Å². The third kappa shape index (κ3) is 2.56. The largest absolute Gasteiger partial charge is 0.461 e. The lowest BCUT2D eigenvalue weighted by atomic mass is 10.1. The minimum atomic E-state index is -0.233. The monoisotopic (exact) mass is 240 g/mol. The Morgan fingerprint density at radius 3 is 2.94 bits per heavy atom. The van der Waals surface area contributed by atoms with Crippen LogP contribution in [-0.2, 0) is 6.42 Å². The first-order valence-electron chi connectivity index (χ1n) is 5.51. The van der Waals surface area contributed by atoms with Crippen molar-refractivity contribution in [3.8, 4) is 0 Å². The molecule has 1 aromatic heterocycles. The molecule has 2 aromatic rings. The molecule has 0 radical (unpaired) electrons. The summed E-state index contributed by atoms with van der Waals surface area (Å²) in [5.74, 6) is 0.642. The zero-order valence-corrected chi connectivity index (χ0v) is 9.93. The van der Waals surface area contributed by atoms with Crippen LogP contribution in [0.5, 0.6) is 0 Å². The van der Waals surface area contributed by atoms with E-state index in [9.17, 15) is 4.39 Å². The number of furan rings is 1. The van der Waals surface area contributed by atoms with Gasteiger partial charge in [0, 0.05) is 17.2 Å². The van der Waals surface area contributed by atoms with E-state index in [0.717, 1.165) is 36.0 Å². The van der Waals surface area contributed by atoms with Crippen LogP contribution in [-0.4, -0.2) is 5.38 Å². The van der Waals surface area contributed by atoms with Crippen LogP contribution < -0.4 is 0 Å². The molecule has 1 nitrogen and oxygen atoms in total. The first-order valence-corrected chi connectivity index (χ1v) is 5.94. The van der Waals surface area contributed by atoms with Gasteiger partial charge in [-0.2, -0.15) is 0 Å². The summed E-state index contributed by atoms with van der Waals surface area (Å²) in [6.45, 7) is 2.06. The Morgan fingerprint density at radius 2 is 2.19 bits per heavy atom. The van der Waals surface area contributed by atoms with Gasteiger partial charge in [-0.05, 0) is 37.1 Å². The highest BCUT2D eigenvalue weighted by molar-refractivity contribution is 6.20. The molecule has 3 heteroatoms. The Kier molecular flexibility index (Phi) is 3.49. The predicted octanol–water partition coefficient (Wildman–Crippen LogP) is 4.52. The second-order valence-corrected chi connectivity index (χ2v) is 4.56. The molecule has 1 aromatic carbocycles. The highest BCUT2D eigenvalue weighted by Gasteiger charge is 2.07. The third-order valence-corrected chi connectivity index (χ3v) is 3.20. The number of hydrogen-bond acceptors (Lipinski definition) is 1. The standard InChI is InChI=1S/C13H14ClFO/c1-2-10(14)3-5-12-8-9-7-11(15)4-6-13(9)16-12/h4,6-8,10H,2-3,5H2,1H3. The molecule has 16 heavy (non-hydrogen) atoms. The fourth-order valence-electron chi connectivity index (χ4n) is 1.70. The molecule has 0 aliphatic carbocycles. The molecule has 1 atom stereocenters. The smallest absolute Gasteiger partial charge is 0.134 e. The molecular weight excluding hydrogens is 227 g/mol. The van der Waals surface area contributed by atoms with Crippen molar-refractivity contribution < 1.29 is 8.81 Å². The summed E-state index contributed by atoms with van der Waals surface area (Å²) in [6, 6.07) is 6.44. The maximum absolute atomic E-state index is 13.0. The van der Waals surface area contributed by atoms with E-state index >= 15 is 0 Å². The quantitative estimate of drug-likeness (QED) is 0.716. The van der Waals surface area contributed by atoms with Gasteiger partial charge in [0.25, 0.3) is 0 Å². The highest BCUT2D eigenvalue weighted by Crippen LogP contribution is 2.22. The van der Waals surface area contributed by atoms with Gasteiger partial charge in [-0.1, -0.05) is 6.92 Å². The summed E-state index contributed by atoms with van der Waals surface area (Å²) in [5.41, 5.74) is 0.735. The number of aryl methyl sites for hydroxylation is 1. The van der Waals surface area contributed by atoms with Crippen molar-refractivity contribution in [1.29, 1.82) is 0 Å². The second kappa shape index (κ2) is 4.88. The van der Waals surface area contributed by atoms with E-state index in [0.29, 0.717) is 0 Å².